The van der Waals surface area contributed by atoms with E-state index in [1.54, 1.807) is 30.3 Å². The molecule has 0 saturated carbocycles. The number of hydrogen-bond acceptors (Lipinski definition) is 2. The second-order valence-corrected chi connectivity index (χ2v) is 3.47. The number of alkyl halides is 3. The molecule has 1 aromatic rings. The maximum atomic E-state index is 11.9. The molecule has 0 heterocycles. The van der Waals surface area contributed by atoms with Crippen LogP contribution in [0.25, 0.3) is 6.08 Å². The van der Waals surface area contributed by atoms with Crippen molar-refractivity contribution in [2.45, 2.75) is 18.7 Å². The van der Waals surface area contributed by atoms with Crippen LogP contribution < -0.4 is 0 Å². The number of carbonyl (C=O) groups is 1. The van der Waals surface area contributed by atoms with Crippen molar-refractivity contribution >= 4 is 11.9 Å². The summed E-state index contributed by atoms with van der Waals surface area (Å²) in [5, 5.41) is 8.67. The predicted molar refractivity (Wildman–Crippen MR) is 57.2 cm³/mol. The minimum Gasteiger partial charge on any atom is -0.383 e. The fourth-order valence-electron chi connectivity index (χ4n) is 1.13. The summed E-state index contributed by atoms with van der Waals surface area (Å²) in [6.45, 7) is 0. The van der Waals surface area contributed by atoms with Gasteiger partial charge >= 0.3 is 6.18 Å². The molecule has 0 saturated heterocycles. The van der Waals surface area contributed by atoms with Crippen molar-refractivity contribution in [1.82, 2.24) is 0 Å². The fourth-order valence-corrected chi connectivity index (χ4v) is 1.13. The highest BCUT2D eigenvalue weighted by atomic mass is 19.4. The molecule has 1 N–H and O–H groups in total. The van der Waals surface area contributed by atoms with Crippen LogP contribution in [0.3, 0.4) is 0 Å². The van der Waals surface area contributed by atoms with Crippen molar-refractivity contribution in [3.63, 3.8) is 0 Å². The van der Waals surface area contributed by atoms with Crippen LogP contribution in [0.2, 0.25) is 0 Å². The molecular formula is C12H11F3O2. The molecule has 17 heavy (non-hydrogen) atoms. The summed E-state index contributed by atoms with van der Waals surface area (Å²) in [6.07, 6.45) is -5.87. The van der Waals surface area contributed by atoms with E-state index in [1.165, 1.54) is 6.08 Å². The van der Waals surface area contributed by atoms with Crippen molar-refractivity contribution in [2.24, 2.45) is 0 Å². The summed E-state index contributed by atoms with van der Waals surface area (Å²) in [4.78, 5) is 11.1. The highest BCUT2D eigenvalue weighted by molar-refractivity contribution is 5.93. The lowest BCUT2D eigenvalue weighted by atomic mass is 10.1. The van der Waals surface area contributed by atoms with Crippen LogP contribution in [0.1, 0.15) is 12.0 Å². The Labute approximate surface area is 96.4 Å². The normalized spacial score (nSPS) is 13.9. The molecule has 5 heteroatoms. The molecule has 0 aromatic heterocycles. The van der Waals surface area contributed by atoms with Gasteiger partial charge in [0.15, 0.2) is 11.9 Å². The average molecular weight is 244 g/mol. The Balaban J connectivity index is 2.54. The topological polar surface area (TPSA) is 37.3 Å². The van der Waals surface area contributed by atoms with Crippen LogP contribution in [0.4, 0.5) is 13.2 Å². The van der Waals surface area contributed by atoms with Gasteiger partial charge in [0, 0.05) is 6.42 Å². The van der Waals surface area contributed by atoms with Gasteiger partial charge in [-0.25, -0.2) is 0 Å². The zero-order valence-corrected chi connectivity index (χ0v) is 8.82. The molecule has 0 aliphatic heterocycles. The van der Waals surface area contributed by atoms with Crippen molar-refractivity contribution in [3.05, 3.63) is 42.0 Å². The second kappa shape index (κ2) is 5.63. The van der Waals surface area contributed by atoms with Gasteiger partial charge in [-0.1, -0.05) is 36.4 Å². The van der Waals surface area contributed by atoms with Crippen LogP contribution in [0.5, 0.6) is 0 Å². The van der Waals surface area contributed by atoms with E-state index in [0.717, 1.165) is 6.08 Å². The number of halogens is 3. The summed E-state index contributed by atoms with van der Waals surface area (Å²) in [7, 11) is 0. The van der Waals surface area contributed by atoms with Crippen molar-refractivity contribution < 1.29 is 23.1 Å². The molecular weight excluding hydrogens is 233 g/mol. The van der Waals surface area contributed by atoms with Gasteiger partial charge in [-0.15, -0.1) is 0 Å². The zero-order valence-electron chi connectivity index (χ0n) is 8.82. The summed E-state index contributed by atoms with van der Waals surface area (Å²) in [5.41, 5.74) is 0.711. The van der Waals surface area contributed by atoms with Crippen LogP contribution in [-0.2, 0) is 4.79 Å². The fraction of sp³-hybridized carbons (Fsp3) is 0.250. The predicted octanol–water partition coefficient (Wildman–Crippen LogP) is 2.58. The first-order chi connectivity index (χ1) is 7.89. The van der Waals surface area contributed by atoms with Gasteiger partial charge in [0.2, 0.25) is 0 Å². The maximum Gasteiger partial charge on any atom is 0.414 e. The number of ketones is 1. The molecule has 1 rings (SSSR count). The Morgan fingerprint density at radius 2 is 1.88 bits per heavy atom. The van der Waals surface area contributed by atoms with E-state index in [0.29, 0.717) is 5.56 Å². The SMILES string of the molecule is O=C(/C=C/c1ccccc1)CC(O)C(F)(F)F. The quantitative estimate of drug-likeness (QED) is 0.826. The van der Waals surface area contributed by atoms with Gasteiger partial charge in [-0.2, -0.15) is 13.2 Å². The first-order valence-corrected chi connectivity index (χ1v) is 4.90. The van der Waals surface area contributed by atoms with E-state index >= 15 is 0 Å². The molecule has 92 valence electrons. The minimum absolute atomic E-state index is 0.711. The molecule has 0 aliphatic rings. The molecule has 1 atom stereocenters. The Bertz CT molecular complexity index is 396. The maximum absolute atomic E-state index is 11.9. The third-order valence-electron chi connectivity index (χ3n) is 2.03. The third-order valence-corrected chi connectivity index (χ3v) is 2.03. The summed E-state index contributed by atoms with van der Waals surface area (Å²) in [6, 6.07) is 8.70. The van der Waals surface area contributed by atoms with Gasteiger partial charge in [0.25, 0.3) is 0 Å². The molecule has 0 radical (unpaired) electrons. The number of aliphatic hydroxyl groups excluding tert-OH is 1. The molecule has 0 spiro atoms. The lowest BCUT2D eigenvalue weighted by molar-refractivity contribution is -0.205. The minimum atomic E-state index is -4.75. The largest absolute Gasteiger partial charge is 0.414 e. The van der Waals surface area contributed by atoms with E-state index in [1.807, 2.05) is 0 Å². The lowest BCUT2D eigenvalue weighted by Crippen LogP contribution is -2.30. The number of carbonyl (C=O) groups excluding carboxylic acids is 1. The van der Waals surface area contributed by atoms with Gasteiger partial charge in [0.1, 0.15) is 0 Å². The number of benzene rings is 1. The molecule has 1 unspecified atom stereocenters. The first-order valence-electron chi connectivity index (χ1n) is 4.90. The van der Waals surface area contributed by atoms with Gasteiger partial charge < -0.3 is 5.11 Å². The van der Waals surface area contributed by atoms with Crippen LogP contribution >= 0.6 is 0 Å². The monoisotopic (exact) mass is 244 g/mol. The molecule has 0 amide bonds. The van der Waals surface area contributed by atoms with Crippen LogP contribution in [-0.4, -0.2) is 23.2 Å². The standard InChI is InChI=1S/C12H11F3O2/c13-12(14,15)11(17)8-10(16)7-6-9-4-2-1-3-5-9/h1-7,11,17H,8H2/b7-6+. The van der Waals surface area contributed by atoms with Crippen LogP contribution in [0, 0.1) is 0 Å². The van der Waals surface area contributed by atoms with E-state index < -0.39 is 24.5 Å². The molecule has 0 bridgehead atoms. The smallest absolute Gasteiger partial charge is 0.383 e. The second-order valence-electron chi connectivity index (χ2n) is 3.47. The third kappa shape index (κ3) is 4.82. The van der Waals surface area contributed by atoms with E-state index in [4.69, 9.17) is 5.11 Å². The highest BCUT2D eigenvalue weighted by Crippen LogP contribution is 2.22. The van der Waals surface area contributed by atoms with Crippen molar-refractivity contribution in [1.29, 1.82) is 0 Å². The Hall–Kier alpha value is -1.62. The van der Waals surface area contributed by atoms with Gasteiger partial charge in [0.05, 0.1) is 0 Å². The number of aliphatic hydroxyl groups is 1. The molecule has 1 aromatic carbocycles. The molecule has 2 nitrogen and oxygen atoms in total. The Morgan fingerprint density at radius 3 is 2.41 bits per heavy atom. The Morgan fingerprint density at radius 1 is 1.29 bits per heavy atom. The van der Waals surface area contributed by atoms with Crippen LogP contribution in [0.15, 0.2) is 36.4 Å². The molecule has 0 fully saturated rings. The summed E-state index contributed by atoms with van der Waals surface area (Å²) in [5.74, 6) is -0.765. The summed E-state index contributed by atoms with van der Waals surface area (Å²) >= 11 is 0. The Kier molecular flexibility index (Phi) is 4.45. The van der Waals surface area contributed by atoms with Crippen molar-refractivity contribution in [2.75, 3.05) is 0 Å². The van der Waals surface area contributed by atoms with Gasteiger partial charge in [-0.05, 0) is 11.6 Å². The zero-order chi connectivity index (χ0) is 12.9. The highest BCUT2D eigenvalue weighted by Gasteiger charge is 2.38. The number of allylic oxidation sites excluding steroid dienone is 1. The van der Waals surface area contributed by atoms with Crippen molar-refractivity contribution in [3.8, 4) is 0 Å². The summed E-state index contributed by atoms with van der Waals surface area (Å²) < 4.78 is 35.8. The molecule has 0 aliphatic carbocycles. The number of rotatable bonds is 4. The first kappa shape index (κ1) is 13.4. The number of hydrogen-bond donors (Lipinski definition) is 1. The lowest BCUT2D eigenvalue weighted by Gasteiger charge is -2.12. The van der Waals surface area contributed by atoms with E-state index in [2.05, 4.69) is 0 Å². The average Bonchev–Trinajstić information content (AvgIpc) is 2.26. The van der Waals surface area contributed by atoms with E-state index in [9.17, 15) is 18.0 Å². The van der Waals surface area contributed by atoms with E-state index in [-0.39, 0.29) is 0 Å². The van der Waals surface area contributed by atoms with Gasteiger partial charge in [-0.3, -0.25) is 4.79 Å².